The van der Waals surface area contributed by atoms with E-state index in [1.165, 1.54) is 0 Å². The fourth-order valence-corrected chi connectivity index (χ4v) is 1.50. The minimum atomic E-state index is -2.39. The molecule has 2 rings (SSSR count). The van der Waals surface area contributed by atoms with Gasteiger partial charge in [-0.15, -0.1) is 0 Å². The molecule has 2 N–H and O–H groups in total. The van der Waals surface area contributed by atoms with Crippen LogP contribution in [0.4, 0.5) is 22.0 Å². The van der Waals surface area contributed by atoms with E-state index in [2.05, 4.69) is 9.47 Å². The molecule has 1 aliphatic rings. The molecule has 4 nitrogen and oxygen atoms in total. The SMILES string of the molecule is OC1(O)COC(c2c(F)c(F)c(F)c(F)c2F)OC1. The maximum atomic E-state index is 13.4. The molecule has 1 aliphatic heterocycles. The predicted molar refractivity (Wildman–Crippen MR) is 48.0 cm³/mol. The molecule has 9 heteroatoms. The Morgan fingerprint density at radius 1 is 0.789 bits per heavy atom. The Bertz CT molecular complexity index is 480. The molecule has 1 aromatic rings. The Labute approximate surface area is 103 Å². The van der Waals surface area contributed by atoms with Gasteiger partial charge in [-0.05, 0) is 0 Å². The van der Waals surface area contributed by atoms with Crippen molar-refractivity contribution in [1.82, 2.24) is 0 Å². The van der Waals surface area contributed by atoms with Gasteiger partial charge in [0.05, 0.1) is 5.56 Å². The number of hydrogen-bond donors (Lipinski definition) is 2. The lowest BCUT2D eigenvalue weighted by Gasteiger charge is -2.32. The average Bonchev–Trinajstić information content (AvgIpc) is 2.36. The van der Waals surface area contributed by atoms with Crippen LogP contribution in [0.1, 0.15) is 11.9 Å². The summed E-state index contributed by atoms with van der Waals surface area (Å²) in [6.45, 7) is -1.62. The van der Waals surface area contributed by atoms with E-state index in [0.29, 0.717) is 0 Å². The Morgan fingerprint density at radius 3 is 1.58 bits per heavy atom. The highest BCUT2D eigenvalue weighted by molar-refractivity contribution is 5.25. The summed E-state index contributed by atoms with van der Waals surface area (Å²) >= 11 is 0. The van der Waals surface area contributed by atoms with Gasteiger partial charge in [0.15, 0.2) is 29.6 Å². The highest BCUT2D eigenvalue weighted by atomic mass is 19.2. The first-order valence-electron chi connectivity index (χ1n) is 4.94. The van der Waals surface area contributed by atoms with E-state index in [1.54, 1.807) is 0 Å². The third-order valence-electron chi connectivity index (χ3n) is 2.41. The first-order valence-corrected chi connectivity index (χ1v) is 4.94. The minimum absolute atomic E-state index is 0.808. The summed E-state index contributed by atoms with van der Waals surface area (Å²) in [5.74, 6) is -13.1. The summed E-state index contributed by atoms with van der Waals surface area (Å²) in [4.78, 5) is 0. The van der Waals surface area contributed by atoms with Crippen LogP contribution in [0.3, 0.4) is 0 Å². The molecule has 1 saturated heterocycles. The quantitative estimate of drug-likeness (QED) is 0.351. The van der Waals surface area contributed by atoms with E-state index in [1.807, 2.05) is 0 Å². The summed E-state index contributed by atoms with van der Waals surface area (Å²) in [5.41, 5.74) is -1.31. The number of halogens is 5. The molecule has 19 heavy (non-hydrogen) atoms. The van der Waals surface area contributed by atoms with Gasteiger partial charge < -0.3 is 19.7 Å². The van der Waals surface area contributed by atoms with Gasteiger partial charge in [-0.1, -0.05) is 0 Å². The fraction of sp³-hybridized carbons (Fsp3) is 0.400. The molecule has 1 heterocycles. The first kappa shape index (κ1) is 14.1. The molecule has 0 aliphatic carbocycles. The van der Waals surface area contributed by atoms with E-state index in [-0.39, 0.29) is 0 Å². The van der Waals surface area contributed by atoms with Gasteiger partial charge in [0, 0.05) is 0 Å². The van der Waals surface area contributed by atoms with Gasteiger partial charge in [-0.2, -0.15) is 0 Å². The van der Waals surface area contributed by atoms with Crippen molar-refractivity contribution >= 4 is 0 Å². The maximum Gasteiger partial charge on any atom is 0.211 e. The van der Waals surface area contributed by atoms with Gasteiger partial charge >= 0.3 is 0 Å². The second-order valence-corrected chi connectivity index (χ2v) is 3.92. The lowest BCUT2D eigenvalue weighted by atomic mass is 10.1. The van der Waals surface area contributed by atoms with Crippen LogP contribution in [0.2, 0.25) is 0 Å². The highest BCUT2D eigenvalue weighted by Crippen LogP contribution is 2.33. The topological polar surface area (TPSA) is 58.9 Å². The Morgan fingerprint density at radius 2 is 1.16 bits per heavy atom. The predicted octanol–water partition coefficient (Wildman–Crippen LogP) is 1.11. The summed E-state index contributed by atoms with van der Waals surface area (Å²) in [7, 11) is 0. The third kappa shape index (κ3) is 2.41. The molecule has 0 radical (unpaired) electrons. The number of benzene rings is 1. The monoisotopic (exact) mass is 286 g/mol. The summed E-state index contributed by atoms with van der Waals surface area (Å²) < 4.78 is 74.5. The van der Waals surface area contributed by atoms with Crippen LogP contribution >= 0.6 is 0 Å². The third-order valence-corrected chi connectivity index (χ3v) is 2.41. The smallest absolute Gasteiger partial charge is 0.211 e. The van der Waals surface area contributed by atoms with Crippen molar-refractivity contribution in [3.05, 3.63) is 34.6 Å². The largest absolute Gasteiger partial charge is 0.362 e. The number of hydrogen-bond acceptors (Lipinski definition) is 4. The zero-order chi connectivity index (χ0) is 14.4. The van der Waals surface area contributed by atoms with Gasteiger partial charge in [0.25, 0.3) is 0 Å². The zero-order valence-electron chi connectivity index (χ0n) is 9.09. The average molecular weight is 286 g/mol. The van der Waals surface area contributed by atoms with E-state index < -0.39 is 59.9 Å². The maximum absolute atomic E-state index is 13.4. The Kier molecular flexibility index (Phi) is 3.47. The molecular formula is C10H7F5O4. The second kappa shape index (κ2) is 4.67. The van der Waals surface area contributed by atoms with Crippen molar-refractivity contribution in [2.75, 3.05) is 13.2 Å². The molecule has 0 aromatic heterocycles. The van der Waals surface area contributed by atoms with Crippen molar-refractivity contribution in [1.29, 1.82) is 0 Å². The normalized spacial score (nSPS) is 19.7. The highest BCUT2D eigenvalue weighted by Gasteiger charge is 2.38. The van der Waals surface area contributed by atoms with Gasteiger partial charge in [-0.3, -0.25) is 0 Å². The molecule has 0 bridgehead atoms. The van der Waals surface area contributed by atoms with Gasteiger partial charge in [-0.25, -0.2) is 22.0 Å². The van der Waals surface area contributed by atoms with Crippen LogP contribution in [0, 0.1) is 29.1 Å². The van der Waals surface area contributed by atoms with Crippen LogP contribution in [0.25, 0.3) is 0 Å². The molecule has 0 spiro atoms. The number of rotatable bonds is 1. The lowest BCUT2D eigenvalue weighted by molar-refractivity contribution is -0.324. The first-order chi connectivity index (χ1) is 8.74. The zero-order valence-corrected chi connectivity index (χ0v) is 9.09. The summed E-state index contributed by atoms with van der Waals surface area (Å²) in [6, 6.07) is 0. The van der Waals surface area contributed by atoms with Crippen molar-refractivity contribution in [2.45, 2.75) is 12.1 Å². The van der Waals surface area contributed by atoms with Crippen molar-refractivity contribution in [2.24, 2.45) is 0 Å². The molecule has 106 valence electrons. The van der Waals surface area contributed by atoms with E-state index >= 15 is 0 Å². The molecule has 0 saturated carbocycles. The molecular weight excluding hydrogens is 279 g/mol. The van der Waals surface area contributed by atoms with Crippen LogP contribution in [-0.4, -0.2) is 29.2 Å². The van der Waals surface area contributed by atoms with Crippen LogP contribution in [-0.2, 0) is 9.47 Å². The Hall–Kier alpha value is -1.29. The standard InChI is InChI=1S/C10H7F5O4/c11-4-3(5(12)7(14)8(15)6(4)13)9-18-1-10(16,17)2-19-9/h9,16-17H,1-2H2. The lowest BCUT2D eigenvalue weighted by Crippen LogP contribution is -2.45. The van der Waals surface area contributed by atoms with Gasteiger partial charge in [0.2, 0.25) is 11.6 Å². The van der Waals surface area contributed by atoms with Crippen molar-refractivity contribution in [3.8, 4) is 0 Å². The van der Waals surface area contributed by atoms with E-state index in [9.17, 15) is 22.0 Å². The number of aliphatic hydroxyl groups is 2. The summed E-state index contributed by atoms with van der Waals surface area (Å²) in [6.07, 6.45) is -1.92. The van der Waals surface area contributed by atoms with Crippen LogP contribution < -0.4 is 0 Å². The van der Waals surface area contributed by atoms with Crippen molar-refractivity contribution < 1.29 is 41.6 Å². The van der Waals surface area contributed by atoms with Gasteiger partial charge in [0.1, 0.15) is 13.2 Å². The second-order valence-electron chi connectivity index (χ2n) is 3.92. The number of ether oxygens (including phenoxy) is 2. The van der Waals surface area contributed by atoms with Crippen LogP contribution in [0.15, 0.2) is 0 Å². The van der Waals surface area contributed by atoms with E-state index in [0.717, 1.165) is 0 Å². The molecule has 1 fully saturated rings. The van der Waals surface area contributed by atoms with Crippen LogP contribution in [0.5, 0.6) is 0 Å². The minimum Gasteiger partial charge on any atom is -0.362 e. The van der Waals surface area contributed by atoms with E-state index in [4.69, 9.17) is 10.2 Å². The molecule has 0 amide bonds. The van der Waals surface area contributed by atoms with Crippen molar-refractivity contribution in [3.63, 3.8) is 0 Å². The Balaban J connectivity index is 2.41. The molecule has 1 aromatic carbocycles. The summed E-state index contributed by atoms with van der Waals surface area (Å²) in [5, 5.41) is 18.1. The molecule has 0 atom stereocenters. The molecule has 0 unspecified atom stereocenters. The fourth-order valence-electron chi connectivity index (χ4n) is 1.50.